The van der Waals surface area contributed by atoms with Gasteiger partial charge in [-0.2, -0.15) is 0 Å². The van der Waals surface area contributed by atoms with Gasteiger partial charge in [-0.05, 0) is 35.7 Å². The van der Waals surface area contributed by atoms with Crippen LogP contribution in [0.25, 0.3) is 0 Å². The lowest BCUT2D eigenvalue weighted by atomic mass is 10.1. The Balaban J connectivity index is 2.14. The van der Waals surface area contributed by atoms with E-state index in [1.54, 1.807) is 11.9 Å². The van der Waals surface area contributed by atoms with Crippen molar-refractivity contribution in [3.8, 4) is 0 Å². The van der Waals surface area contributed by atoms with Crippen LogP contribution in [-0.4, -0.2) is 13.0 Å². The van der Waals surface area contributed by atoms with Crippen molar-refractivity contribution < 1.29 is 4.79 Å². The summed E-state index contributed by atoms with van der Waals surface area (Å²) in [6.45, 7) is 2.51. The Morgan fingerprint density at radius 3 is 2.60 bits per heavy atom. The van der Waals surface area contributed by atoms with E-state index in [1.165, 1.54) is 0 Å². The molecule has 1 amide bonds. The van der Waals surface area contributed by atoms with Gasteiger partial charge in [0.05, 0.1) is 6.42 Å². The van der Waals surface area contributed by atoms with Crippen molar-refractivity contribution >= 4 is 11.6 Å². The number of anilines is 1. The van der Waals surface area contributed by atoms with Crippen LogP contribution in [0.15, 0.2) is 48.5 Å². The third-order valence-electron chi connectivity index (χ3n) is 3.51. The van der Waals surface area contributed by atoms with Crippen molar-refractivity contribution in [2.75, 3.05) is 11.9 Å². The SMILES string of the molecule is Cc1ccccc1CC(=O)N(C)c1cccc(CN)c1. The minimum Gasteiger partial charge on any atom is -0.326 e. The molecule has 3 nitrogen and oxygen atoms in total. The third kappa shape index (κ3) is 3.25. The van der Waals surface area contributed by atoms with Crippen LogP contribution < -0.4 is 10.6 Å². The molecule has 104 valence electrons. The van der Waals surface area contributed by atoms with Gasteiger partial charge in [-0.25, -0.2) is 0 Å². The van der Waals surface area contributed by atoms with Gasteiger partial charge in [-0.3, -0.25) is 4.79 Å². The van der Waals surface area contributed by atoms with Gasteiger partial charge in [-0.1, -0.05) is 36.4 Å². The molecule has 2 aromatic carbocycles. The van der Waals surface area contributed by atoms with Gasteiger partial charge in [0, 0.05) is 19.3 Å². The van der Waals surface area contributed by atoms with E-state index in [0.717, 1.165) is 22.4 Å². The van der Waals surface area contributed by atoms with Crippen molar-refractivity contribution in [2.24, 2.45) is 5.73 Å². The molecule has 0 bridgehead atoms. The van der Waals surface area contributed by atoms with E-state index in [1.807, 2.05) is 55.5 Å². The van der Waals surface area contributed by atoms with E-state index in [0.29, 0.717) is 13.0 Å². The highest BCUT2D eigenvalue weighted by Gasteiger charge is 2.12. The number of amides is 1. The average Bonchev–Trinajstić information content (AvgIpc) is 2.48. The fourth-order valence-electron chi connectivity index (χ4n) is 2.13. The van der Waals surface area contributed by atoms with Crippen molar-refractivity contribution in [2.45, 2.75) is 19.9 Å². The van der Waals surface area contributed by atoms with Crippen molar-refractivity contribution in [1.82, 2.24) is 0 Å². The number of hydrogen-bond acceptors (Lipinski definition) is 2. The number of carbonyl (C=O) groups is 1. The zero-order chi connectivity index (χ0) is 14.5. The van der Waals surface area contributed by atoms with E-state index >= 15 is 0 Å². The van der Waals surface area contributed by atoms with Crippen LogP contribution in [-0.2, 0) is 17.8 Å². The van der Waals surface area contributed by atoms with Crippen LogP contribution in [0.5, 0.6) is 0 Å². The minimum atomic E-state index is 0.0773. The number of nitrogens with two attached hydrogens (primary N) is 1. The third-order valence-corrected chi connectivity index (χ3v) is 3.51. The molecule has 0 unspecified atom stereocenters. The summed E-state index contributed by atoms with van der Waals surface area (Å²) in [6.07, 6.45) is 0.413. The molecule has 3 heteroatoms. The molecule has 0 aliphatic rings. The number of nitrogens with zero attached hydrogens (tertiary/aromatic N) is 1. The summed E-state index contributed by atoms with van der Waals surface area (Å²) in [4.78, 5) is 14.0. The molecule has 0 aliphatic heterocycles. The second-order valence-electron chi connectivity index (χ2n) is 4.93. The minimum absolute atomic E-state index is 0.0773. The van der Waals surface area contributed by atoms with E-state index < -0.39 is 0 Å². The van der Waals surface area contributed by atoms with Crippen LogP contribution in [0.4, 0.5) is 5.69 Å². The van der Waals surface area contributed by atoms with E-state index in [-0.39, 0.29) is 5.91 Å². The molecule has 2 aromatic rings. The molecule has 0 radical (unpaired) electrons. The Morgan fingerprint density at radius 2 is 1.90 bits per heavy atom. The smallest absolute Gasteiger partial charge is 0.231 e. The van der Waals surface area contributed by atoms with E-state index in [9.17, 15) is 4.79 Å². The molecule has 2 N–H and O–H groups in total. The number of rotatable bonds is 4. The van der Waals surface area contributed by atoms with Crippen LogP contribution >= 0.6 is 0 Å². The monoisotopic (exact) mass is 268 g/mol. The van der Waals surface area contributed by atoms with Crippen molar-refractivity contribution in [3.63, 3.8) is 0 Å². The van der Waals surface area contributed by atoms with Gasteiger partial charge >= 0.3 is 0 Å². The first-order valence-corrected chi connectivity index (χ1v) is 6.72. The lowest BCUT2D eigenvalue weighted by molar-refractivity contribution is -0.117. The number of aryl methyl sites for hydroxylation is 1. The first-order chi connectivity index (χ1) is 9.61. The van der Waals surface area contributed by atoms with E-state index in [2.05, 4.69) is 0 Å². The topological polar surface area (TPSA) is 46.3 Å². The Labute approximate surface area is 120 Å². The Kier molecular flexibility index (Phi) is 4.53. The first kappa shape index (κ1) is 14.3. The van der Waals surface area contributed by atoms with Crippen LogP contribution in [0.2, 0.25) is 0 Å². The standard InChI is InChI=1S/C17H20N2O/c1-13-6-3-4-8-15(13)11-17(20)19(2)16-9-5-7-14(10-16)12-18/h3-10H,11-12,18H2,1-2H3. The molecule has 0 saturated carbocycles. The quantitative estimate of drug-likeness (QED) is 0.926. The molecule has 0 atom stereocenters. The van der Waals surface area contributed by atoms with Gasteiger partial charge < -0.3 is 10.6 Å². The Morgan fingerprint density at radius 1 is 1.15 bits per heavy atom. The fourth-order valence-corrected chi connectivity index (χ4v) is 2.13. The first-order valence-electron chi connectivity index (χ1n) is 6.72. The number of benzene rings is 2. The molecule has 2 rings (SSSR count). The number of carbonyl (C=O) groups excluding carboxylic acids is 1. The van der Waals surface area contributed by atoms with Gasteiger partial charge in [0.25, 0.3) is 0 Å². The van der Waals surface area contributed by atoms with Crippen molar-refractivity contribution in [1.29, 1.82) is 0 Å². The maximum atomic E-state index is 12.4. The maximum absolute atomic E-state index is 12.4. The van der Waals surface area contributed by atoms with Crippen LogP contribution in [0.1, 0.15) is 16.7 Å². The summed E-state index contributed by atoms with van der Waals surface area (Å²) in [5, 5.41) is 0. The van der Waals surface area contributed by atoms with Crippen molar-refractivity contribution in [3.05, 3.63) is 65.2 Å². The molecule has 0 spiro atoms. The molecule has 20 heavy (non-hydrogen) atoms. The molecular weight excluding hydrogens is 248 g/mol. The summed E-state index contributed by atoms with van der Waals surface area (Å²) >= 11 is 0. The van der Waals surface area contributed by atoms with E-state index in [4.69, 9.17) is 5.73 Å². The highest BCUT2D eigenvalue weighted by Crippen LogP contribution is 2.17. The molecule has 0 saturated heterocycles. The maximum Gasteiger partial charge on any atom is 0.231 e. The average molecular weight is 268 g/mol. The molecule has 0 heterocycles. The predicted molar refractivity (Wildman–Crippen MR) is 82.6 cm³/mol. The summed E-state index contributed by atoms with van der Waals surface area (Å²) < 4.78 is 0. The normalized spacial score (nSPS) is 10.3. The highest BCUT2D eigenvalue weighted by atomic mass is 16.2. The van der Waals surface area contributed by atoms with Crippen LogP contribution in [0, 0.1) is 6.92 Å². The van der Waals surface area contributed by atoms with Gasteiger partial charge in [-0.15, -0.1) is 0 Å². The lowest BCUT2D eigenvalue weighted by Gasteiger charge is -2.18. The van der Waals surface area contributed by atoms with Gasteiger partial charge in [0.2, 0.25) is 5.91 Å². The van der Waals surface area contributed by atoms with Gasteiger partial charge in [0.1, 0.15) is 0 Å². The molecule has 0 aromatic heterocycles. The zero-order valence-corrected chi connectivity index (χ0v) is 12.0. The van der Waals surface area contributed by atoms with Gasteiger partial charge in [0.15, 0.2) is 0 Å². The Bertz CT molecular complexity index is 607. The number of likely N-dealkylation sites (N-methyl/N-ethyl adjacent to an activating group) is 1. The summed E-state index contributed by atoms with van der Waals surface area (Å²) in [5.41, 5.74) is 9.75. The highest BCUT2D eigenvalue weighted by molar-refractivity contribution is 5.94. The molecule has 0 aliphatic carbocycles. The molecule has 0 fully saturated rings. The number of hydrogen-bond donors (Lipinski definition) is 1. The second-order valence-corrected chi connectivity index (χ2v) is 4.93. The predicted octanol–water partition coefficient (Wildman–Crippen LogP) is 2.66. The Hall–Kier alpha value is -2.13. The zero-order valence-electron chi connectivity index (χ0n) is 12.0. The lowest BCUT2D eigenvalue weighted by Crippen LogP contribution is -2.28. The summed E-state index contributed by atoms with van der Waals surface area (Å²) in [6, 6.07) is 15.7. The fraction of sp³-hybridized carbons (Fsp3) is 0.235. The summed E-state index contributed by atoms with van der Waals surface area (Å²) in [7, 11) is 1.80. The largest absolute Gasteiger partial charge is 0.326 e. The summed E-state index contributed by atoms with van der Waals surface area (Å²) in [5.74, 6) is 0.0773. The van der Waals surface area contributed by atoms with Crippen LogP contribution in [0.3, 0.4) is 0 Å². The molecular formula is C17H20N2O. The second kappa shape index (κ2) is 6.35.